The van der Waals surface area contributed by atoms with Crippen LogP contribution in [0.2, 0.25) is 5.02 Å². The first kappa shape index (κ1) is 21.1. The molecule has 0 amide bonds. The molecule has 0 aliphatic carbocycles. The van der Waals surface area contributed by atoms with Crippen LogP contribution in [0.15, 0.2) is 67.0 Å². The standard InChI is InChI=1S/C26H20ClN3O3/c1-26(2)14-23(32)19-11-18(22(31)13-24(19)33-26)21-12-20(15-3-5-17(27)6-4-15)29-25(30-21)16-7-9-28-10-8-16/h3-13,31H,14H2,1-2H3. The molecule has 0 radical (unpaired) electrons. The van der Waals surface area contributed by atoms with Gasteiger partial charge in [0.05, 0.1) is 23.4 Å². The van der Waals surface area contributed by atoms with Crippen molar-refractivity contribution in [3.05, 3.63) is 77.6 Å². The summed E-state index contributed by atoms with van der Waals surface area (Å²) in [5, 5.41) is 11.5. The lowest BCUT2D eigenvalue weighted by molar-refractivity contribution is 0.0619. The maximum atomic E-state index is 12.8. The number of aromatic nitrogens is 3. The highest BCUT2D eigenvalue weighted by atomic mass is 35.5. The minimum Gasteiger partial charge on any atom is -0.507 e. The summed E-state index contributed by atoms with van der Waals surface area (Å²) < 4.78 is 5.93. The van der Waals surface area contributed by atoms with Crippen molar-refractivity contribution >= 4 is 17.4 Å². The lowest BCUT2D eigenvalue weighted by atomic mass is 9.91. The van der Waals surface area contributed by atoms with Crippen molar-refractivity contribution < 1.29 is 14.6 Å². The van der Waals surface area contributed by atoms with Crippen molar-refractivity contribution in [2.45, 2.75) is 25.9 Å². The number of fused-ring (bicyclic) bond motifs is 1. The van der Waals surface area contributed by atoms with Crippen LogP contribution in [-0.2, 0) is 0 Å². The molecule has 2 aromatic heterocycles. The molecule has 1 aliphatic heterocycles. The van der Waals surface area contributed by atoms with Gasteiger partial charge in [-0.2, -0.15) is 0 Å². The second-order valence-corrected chi connectivity index (χ2v) is 8.97. The van der Waals surface area contributed by atoms with E-state index in [0.717, 1.165) is 11.1 Å². The molecule has 0 spiro atoms. The van der Waals surface area contributed by atoms with Crippen LogP contribution in [0.1, 0.15) is 30.6 Å². The molecule has 1 N–H and O–H groups in total. The van der Waals surface area contributed by atoms with E-state index < -0.39 is 5.60 Å². The lowest BCUT2D eigenvalue weighted by Crippen LogP contribution is -2.35. The van der Waals surface area contributed by atoms with Gasteiger partial charge in [-0.3, -0.25) is 9.78 Å². The van der Waals surface area contributed by atoms with Crippen molar-refractivity contribution in [1.29, 1.82) is 0 Å². The van der Waals surface area contributed by atoms with Gasteiger partial charge in [0, 0.05) is 40.2 Å². The zero-order chi connectivity index (χ0) is 23.2. The number of hydrogen-bond acceptors (Lipinski definition) is 6. The van der Waals surface area contributed by atoms with Gasteiger partial charge in [0.2, 0.25) is 0 Å². The molecule has 0 bridgehead atoms. The average molecular weight is 458 g/mol. The van der Waals surface area contributed by atoms with Crippen molar-refractivity contribution in [3.63, 3.8) is 0 Å². The van der Waals surface area contributed by atoms with E-state index in [1.165, 1.54) is 6.07 Å². The van der Waals surface area contributed by atoms with Gasteiger partial charge < -0.3 is 9.84 Å². The first-order chi connectivity index (χ1) is 15.8. The summed E-state index contributed by atoms with van der Waals surface area (Å²) in [5.41, 5.74) is 3.00. The molecule has 3 heterocycles. The minimum absolute atomic E-state index is 0.0271. The number of phenolic OH excluding ortho intramolecular Hbond substituents is 1. The Bertz CT molecular complexity index is 1370. The number of Topliss-reactive ketones (excluding diaryl/α,β-unsaturated/α-hetero) is 1. The Hall–Kier alpha value is -3.77. The molecule has 164 valence electrons. The highest BCUT2D eigenvalue weighted by Crippen LogP contribution is 2.41. The second-order valence-electron chi connectivity index (χ2n) is 8.53. The largest absolute Gasteiger partial charge is 0.507 e. The van der Waals surface area contributed by atoms with Crippen molar-refractivity contribution in [3.8, 4) is 45.4 Å². The molecule has 1 aliphatic rings. The van der Waals surface area contributed by atoms with Crippen LogP contribution in [-0.4, -0.2) is 31.4 Å². The molecule has 0 unspecified atom stereocenters. The second kappa shape index (κ2) is 7.98. The molecule has 5 rings (SSSR count). The highest BCUT2D eigenvalue weighted by molar-refractivity contribution is 6.30. The molecular weight excluding hydrogens is 438 g/mol. The first-order valence-corrected chi connectivity index (χ1v) is 10.8. The normalized spacial score (nSPS) is 14.5. The molecule has 0 atom stereocenters. The Morgan fingerprint density at radius 3 is 2.33 bits per heavy atom. The van der Waals surface area contributed by atoms with Crippen LogP contribution in [0, 0.1) is 0 Å². The van der Waals surface area contributed by atoms with Gasteiger partial charge in [0.15, 0.2) is 11.6 Å². The number of benzene rings is 2. The number of nitrogens with zero attached hydrogens (tertiary/aromatic N) is 3. The molecule has 6 nitrogen and oxygen atoms in total. The monoisotopic (exact) mass is 457 g/mol. The third-order valence-corrected chi connectivity index (χ3v) is 5.70. The van der Waals surface area contributed by atoms with E-state index in [-0.39, 0.29) is 18.0 Å². The molecule has 33 heavy (non-hydrogen) atoms. The summed E-state index contributed by atoms with van der Waals surface area (Å²) >= 11 is 6.06. The smallest absolute Gasteiger partial charge is 0.170 e. The molecule has 2 aromatic carbocycles. The zero-order valence-electron chi connectivity index (χ0n) is 18.0. The number of ketones is 1. The van der Waals surface area contributed by atoms with E-state index in [0.29, 0.717) is 39.1 Å². The zero-order valence-corrected chi connectivity index (χ0v) is 18.8. The van der Waals surface area contributed by atoms with Gasteiger partial charge >= 0.3 is 0 Å². The summed E-state index contributed by atoms with van der Waals surface area (Å²) in [7, 11) is 0. The van der Waals surface area contributed by atoms with Gasteiger partial charge in [-0.1, -0.05) is 23.7 Å². The van der Waals surface area contributed by atoms with E-state index in [1.54, 1.807) is 36.7 Å². The Balaban J connectivity index is 1.70. The fourth-order valence-corrected chi connectivity index (χ4v) is 4.00. The van der Waals surface area contributed by atoms with Gasteiger partial charge in [-0.05, 0) is 50.2 Å². The Morgan fingerprint density at radius 1 is 0.909 bits per heavy atom. The predicted octanol–water partition coefficient (Wildman–Crippen LogP) is 5.98. The lowest BCUT2D eigenvalue weighted by Gasteiger charge is -2.31. The summed E-state index contributed by atoms with van der Waals surface area (Å²) in [6, 6.07) is 15.9. The Labute approximate surface area is 195 Å². The average Bonchev–Trinajstić information content (AvgIpc) is 2.78. The topological polar surface area (TPSA) is 85.2 Å². The number of phenols is 1. The Morgan fingerprint density at radius 2 is 1.61 bits per heavy atom. The number of aromatic hydroxyl groups is 1. The first-order valence-electron chi connectivity index (χ1n) is 10.4. The molecule has 7 heteroatoms. The third-order valence-electron chi connectivity index (χ3n) is 5.45. The fourth-order valence-electron chi connectivity index (χ4n) is 3.88. The SMILES string of the molecule is CC1(C)CC(=O)c2cc(-c3cc(-c4ccc(Cl)cc4)nc(-c4ccncc4)n3)c(O)cc2O1. The van der Waals surface area contributed by atoms with Crippen molar-refractivity contribution in [1.82, 2.24) is 15.0 Å². The van der Waals surface area contributed by atoms with Crippen LogP contribution in [0.5, 0.6) is 11.5 Å². The van der Waals surface area contributed by atoms with Crippen LogP contribution in [0.4, 0.5) is 0 Å². The molecule has 4 aromatic rings. The summed E-state index contributed by atoms with van der Waals surface area (Å²) in [6.07, 6.45) is 3.59. The number of rotatable bonds is 3. The number of pyridine rings is 1. The predicted molar refractivity (Wildman–Crippen MR) is 126 cm³/mol. The molecular formula is C26H20ClN3O3. The van der Waals surface area contributed by atoms with E-state index in [2.05, 4.69) is 4.98 Å². The van der Waals surface area contributed by atoms with Crippen LogP contribution in [0.25, 0.3) is 33.9 Å². The van der Waals surface area contributed by atoms with E-state index in [4.69, 9.17) is 26.3 Å². The molecule has 0 saturated heterocycles. The number of carbonyl (C=O) groups is 1. The number of carbonyl (C=O) groups excluding carboxylic acids is 1. The van der Waals surface area contributed by atoms with Gasteiger partial charge in [0.25, 0.3) is 0 Å². The highest BCUT2D eigenvalue weighted by Gasteiger charge is 2.33. The van der Waals surface area contributed by atoms with Crippen LogP contribution < -0.4 is 4.74 Å². The summed E-state index contributed by atoms with van der Waals surface area (Å²) in [6.45, 7) is 3.70. The maximum absolute atomic E-state index is 12.8. The third kappa shape index (κ3) is 4.17. The number of ether oxygens (including phenoxy) is 1. The minimum atomic E-state index is -0.622. The van der Waals surface area contributed by atoms with Crippen molar-refractivity contribution in [2.24, 2.45) is 0 Å². The van der Waals surface area contributed by atoms with Crippen LogP contribution in [0.3, 0.4) is 0 Å². The Kier molecular flexibility index (Phi) is 5.10. The maximum Gasteiger partial charge on any atom is 0.170 e. The number of halogens is 1. The van der Waals surface area contributed by atoms with Gasteiger partial charge in [-0.15, -0.1) is 0 Å². The molecule has 0 fully saturated rings. The summed E-state index contributed by atoms with van der Waals surface area (Å²) in [4.78, 5) is 26.3. The number of hydrogen-bond donors (Lipinski definition) is 1. The molecule has 0 saturated carbocycles. The van der Waals surface area contributed by atoms with Crippen molar-refractivity contribution in [2.75, 3.05) is 0 Å². The van der Waals surface area contributed by atoms with E-state index in [9.17, 15) is 9.90 Å². The summed E-state index contributed by atoms with van der Waals surface area (Å²) in [5.74, 6) is 0.782. The van der Waals surface area contributed by atoms with E-state index in [1.807, 2.05) is 38.1 Å². The van der Waals surface area contributed by atoms with Crippen LogP contribution >= 0.6 is 11.6 Å². The fraction of sp³-hybridized carbons (Fsp3) is 0.154. The van der Waals surface area contributed by atoms with E-state index >= 15 is 0 Å². The van der Waals surface area contributed by atoms with Gasteiger partial charge in [-0.25, -0.2) is 9.97 Å². The van der Waals surface area contributed by atoms with Gasteiger partial charge in [0.1, 0.15) is 17.1 Å². The quantitative estimate of drug-likeness (QED) is 0.407.